The lowest BCUT2D eigenvalue weighted by atomic mass is 10.1. The van der Waals surface area contributed by atoms with E-state index in [1.54, 1.807) is 6.07 Å². The average Bonchev–Trinajstić information content (AvgIpc) is 2.45. The minimum atomic E-state index is -0.184. The van der Waals surface area contributed by atoms with Crippen molar-refractivity contribution >= 4 is 23.2 Å². The van der Waals surface area contributed by atoms with Gasteiger partial charge in [-0.25, -0.2) is 0 Å². The molecule has 0 aliphatic carbocycles. The fourth-order valence-electron chi connectivity index (χ4n) is 1.78. The lowest BCUT2D eigenvalue weighted by molar-refractivity contribution is -0.0494. The van der Waals surface area contributed by atoms with E-state index >= 15 is 0 Å². The van der Waals surface area contributed by atoms with E-state index in [1.807, 2.05) is 26.0 Å². The van der Waals surface area contributed by atoms with Crippen LogP contribution in [0.2, 0.25) is 10.0 Å². The largest absolute Gasteiger partial charge is 0.347 e. The Bertz CT molecular complexity index is 368. The number of benzene rings is 1. The molecule has 1 unspecified atom stereocenters. The molecule has 1 aliphatic rings. The Morgan fingerprint density at radius 3 is 2.40 bits per heavy atom. The number of ether oxygens (including phenoxy) is 2. The van der Waals surface area contributed by atoms with Gasteiger partial charge in [0.1, 0.15) is 6.10 Å². The summed E-state index contributed by atoms with van der Waals surface area (Å²) in [6.07, 6.45) is -0.278. The molecule has 1 aromatic carbocycles. The minimum Gasteiger partial charge on any atom is -0.347 e. The maximum absolute atomic E-state index is 6.10. The number of hydrogen-bond donors (Lipinski definition) is 0. The van der Waals surface area contributed by atoms with Crippen LogP contribution in [0.4, 0.5) is 0 Å². The van der Waals surface area contributed by atoms with E-state index in [4.69, 9.17) is 32.7 Å². The molecule has 1 fully saturated rings. The number of rotatable bonds is 1. The molecule has 3 atom stereocenters. The first-order chi connectivity index (χ1) is 7.08. The molecule has 0 spiro atoms. The molecule has 0 saturated carbocycles. The lowest BCUT2D eigenvalue weighted by Gasteiger charge is -2.14. The Labute approximate surface area is 99.1 Å². The molecular weight excluding hydrogens is 235 g/mol. The molecule has 2 rings (SSSR count). The van der Waals surface area contributed by atoms with Crippen molar-refractivity contribution in [3.05, 3.63) is 33.8 Å². The normalized spacial score (nSPS) is 30.8. The highest BCUT2D eigenvalue weighted by Gasteiger charge is 2.32. The van der Waals surface area contributed by atoms with Gasteiger partial charge < -0.3 is 9.47 Å². The van der Waals surface area contributed by atoms with Crippen molar-refractivity contribution in [1.29, 1.82) is 0 Å². The minimum absolute atomic E-state index is 0.0127. The van der Waals surface area contributed by atoms with Crippen LogP contribution in [0.25, 0.3) is 0 Å². The van der Waals surface area contributed by atoms with Gasteiger partial charge in [-0.3, -0.25) is 0 Å². The smallest absolute Gasteiger partial charge is 0.156 e. The van der Waals surface area contributed by atoms with E-state index in [1.165, 1.54) is 0 Å². The van der Waals surface area contributed by atoms with Crippen molar-refractivity contribution in [2.75, 3.05) is 0 Å². The predicted octanol–water partition coefficient (Wildman–Crippen LogP) is 3.82. The molecule has 0 amide bonds. The van der Waals surface area contributed by atoms with Crippen molar-refractivity contribution < 1.29 is 9.47 Å². The van der Waals surface area contributed by atoms with Gasteiger partial charge >= 0.3 is 0 Å². The summed E-state index contributed by atoms with van der Waals surface area (Å²) in [5.74, 6) is 0. The summed E-state index contributed by atoms with van der Waals surface area (Å²) in [7, 11) is 0. The molecule has 4 heteroatoms. The monoisotopic (exact) mass is 246 g/mol. The van der Waals surface area contributed by atoms with Gasteiger partial charge in [0, 0.05) is 15.6 Å². The Morgan fingerprint density at radius 1 is 1.13 bits per heavy atom. The Morgan fingerprint density at radius 2 is 1.87 bits per heavy atom. The van der Waals surface area contributed by atoms with E-state index in [9.17, 15) is 0 Å². The average molecular weight is 247 g/mol. The first-order valence-electron chi connectivity index (χ1n) is 4.84. The molecule has 15 heavy (non-hydrogen) atoms. The van der Waals surface area contributed by atoms with Gasteiger partial charge in [-0.15, -0.1) is 0 Å². The van der Waals surface area contributed by atoms with Crippen LogP contribution in [-0.2, 0) is 9.47 Å². The Kier molecular flexibility index (Phi) is 3.21. The number of hydrogen-bond acceptors (Lipinski definition) is 2. The third-order valence-electron chi connectivity index (χ3n) is 2.44. The second-order valence-electron chi connectivity index (χ2n) is 3.63. The zero-order valence-corrected chi connectivity index (χ0v) is 10.0. The summed E-state index contributed by atoms with van der Waals surface area (Å²) in [6.45, 7) is 3.85. The highest BCUT2D eigenvalue weighted by molar-refractivity contribution is 6.35. The predicted molar refractivity (Wildman–Crippen MR) is 60.3 cm³/mol. The van der Waals surface area contributed by atoms with Crippen LogP contribution >= 0.6 is 23.2 Å². The van der Waals surface area contributed by atoms with E-state index in [2.05, 4.69) is 0 Å². The molecule has 0 bridgehead atoms. The summed E-state index contributed by atoms with van der Waals surface area (Å²) < 4.78 is 11.1. The molecular formula is C11H12Cl2O2. The molecule has 1 heterocycles. The number of halogens is 2. The van der Waals surface area contributed by atoms with Crippen molar-refractivity contribution in [1.82, 2.24) is 0 Å². The molecule has 1 aromatic rings. The first-order valence-corrected chi connectivity index (χ1v) is 5.59. The standard InChI is InChI=1S/C11H12Cl2O2/c1-6-11(15-7(2)14-6)9-4-3-8(12)5-10(9)13/h3-7,11H,1-2H3/t6-,7?,11+/m0/s1. The molecule has 0 aromatic heterocycles. The lowest BCUT2D eigenvalue weighted by Crippen LogP contribution is -2.10. The Hall–Kier alpha value is -0.280. The van der Waals surface area contributed by atoms with Crippen molar-refractivity contribution in [2.45, 2.75) is 32.3 Å². The third kappa shape index (κ3) is 2.28. The zero-order valence-electron chi connectivity index (χ0n) is 8.54. The molecule has 2 nitrogen and oxygen atoms in total. The second-order valence-corrected chi connectivity index (χ2v) is 4.47. The topological polar surface area (TPSA) is 18.5 Å². The van der Waals surface area contributed by atoms with Gasteiger partial charge in [0.15, 0.2) is 6.29 Å². The third-order valence-corrected chi connectivity index (χ3v) is 3.00. The van der Waals surface area contributed by atoms with E-state index < -0.39 is 0 Å². The second kappa shape index (κ2) is 4.30. The summed E-state index contributed by atoms with van der Waals surface area (Å²) in [5.41, 5.74) is 0.929. The van der Waals surface area contributed by atoms with Crippen molar-refractivity contribution in [3.8, 4) is 0 Å². The fourth-order valence-corrected chi connectivity index (χ4v) is 2.30. The maximum atomic E-state index is 6.10. The van der Waals surface area contributed by atoms with E-state index in [0.717, 1.165) is 5.56 Å². The van der Waals surface area contributed by atoms with Crippen LogP contribution in [-0.4, -0.2) is 12.4 Å². The highest BCUT2D eigenvalue weighted by Crippen LogP contribution is 2.36. The van der Waals surface area contributed by atoms with Gasteiger partial charge in [0.25, 0.3) is 0 Å². The summed E-state index contributed by atoms with van der Waals surface area (Å²) in [4.78, 5) is 0. The molecule has 0 radical (unpaired) electrons. The maximum Gasteiger partial charge on any atom is 0.156 e. The summed E-state index contributed by atoms with van der Waals surface area (Å²) >= 11 is 11.9. The van der Waals surface area contributed by atoms with Gasteiger partial charge in [-0.05, 0) is 26.0 Å². The van der Waals surface area contributed by atoms with Crippen molar-refractivity contribution in [3.63, 3.8) is 0 Å². The summed E-state index contributed by atoms with van der Waals surface area (Å²) in [6, 6.07) is 5.41. The van der Waals surface area contributed by atoms with Gasteiger partial charge in [-0.1, -0.05) is 29.3 Å². The highest BCUT2D eigenvalue weighted by atomic mass is 35.5. The van der Waals surface area contributed by atoms with Gasteiger partial charge in [0.05, 0.1) is 6.10 Å². The zero-order chi connectivity index (χ0) is 11.0. The van der Waals surface area contributed by atoms with Gasteiger partial charge in [-0.2, -0.15) is 0 Å². The Balaban J connectivity index is 2.29. The van der Waals surface area contributed by atoms with Gasteiger partial charge in [0.2, 0.25) is 0 Å². The van der Waals surface area contributed by atoms with Crippen LogP contribution < -0.4 is 0 Å². The van der Waals surface area contributed by atoms with Crippen LogP contribution in [0.5, 0.6) is 0 Å². The molecule has 82 valence electrons. The fraction of sp³-hybridized carbons (Fsp3) is 0.455. The van der Waals surface area contributed by atoms with Crippen LogP contribution in [0, 0.1) is 0 Å². The summed E-state index contributed by atoms with van der Waals surface area (Å²) in [5, 5.41) is 1.25. The molecule has 1 saturated heterocycles. The van der Waals surface area contributed by atoms with Crippen LogP contribution in [0.1, 0.15) is 25.5 Å². The SMILES string of the molecule is CC1O[C@@H](C)[C@H](c2ccc(Cl)cc2Cl)O1. The quantitative estimate of drug-likeness (QED) is 0.751. The molecule has 0 N–H and O–H groups in total. The van der Waals surface area contributed by atoms with Crippen LogP contribution in [0.3, 0.4) is 0 Å². The first kappa shape index (κ1) is 11.2. The van der Waals surface area contributed by atoms with E-state index in [-0.39, 0.29) is 18.5 Å². The molecule has 1 aliphatic heterocycles. The van der Waals surface area contributed by atoms with E-state index in [0.29, 0.717) is 10.0 Å². The van der Waals surface area contributed by atoms with Crippen LogP contribution in [0.15, 0.2) is 18.2 Å². The van der Waals surface area contributed by atoms with Crippen molar-refractivity contribution in [2.24, 2.45) is 0 Å².